The second kappa shape index (κ2) is 14.3. The van der Waals surface area contributed by atoms with Gasteiger partial charge in [0.1, 0.15) is 5.75 Å². The third-order valence-electron chi connectivity index (χ3n) is 9.52. The molecule has 1 amide bonds. The number of rotatable bonds is 8. The van der Waals surface area contributed by atoms with Crippen molar-refractivity contribution < 1.29 is 9.53 Å². The number of para-hydroxylation sites is 1. The number of nitrogens with zero attached hydrogens (tertiary/aromatic N) is 1. The summed E-state index contributed by atoms with van der Waals surface area (Å²) >= 11 is 0. The van der Waals surface area contributed by atoms with E-state index < -0.39 is 7.92 Å². The van der Waals surface area contributed by atoms with Gasteiger partial charge in [0, 0.05) is 12.6 Å². The predicted molar refractivity (Wildman–Crippen MR) is 176 cm³/mol. The lowest BCUT2D eigenvalue weighted by Crippen LogP contribution is -2.40. The molecule has 2 aliphatic carbocycles. The molecule has 1 heterocycles. The first-order chi connectivity index (χ1) is 20.3. The summed E-state index contributed by atoms with van der Waals surface area (Å²) < 4.78 is 6.04. The molecule has 1 saturated heterocycles. The summed E-state index contributed by atoms with van der Waals surface area (Å²) in [5.41, 5.74) is 2.41. The van der Waals surface area contributed by atoms with Gasteiger partial charge >= 0.3 is 6.09 Å². The van der Waals surface area contributed by atoms with Crippen LogP contribution in [0.2, 0.25) is 0 Å². The summed E-state index contributed by atoms with van der Waals surface area (Å²) in [6, 6.07) is 31.9. The van der Waals surface area contributed by atoms with Gasteiger partial charge in [0.15, 0.2) is 0 Å². The zero-order chi connectivity index (χ0) is 27.9. The van der Waals surface area contributed by atoms with E-state index in [-0.39, 0.29) is 20.1 Å². The molecule has 5 heteroatoms. The highest BCUT2D eigenvalue weighted by Gasteiger charge is 2.45. The van der Waals surface area contributed by atoms with Crippen molar-refractivity contribution in [1.82, 2.24) is 4.90 Å². The normalized spacial score (nSPS) is 22.3. The number of amides is 1. The Hall–Kier alpha value is -2.21. The molecule has 1 aliphatic heterocycles. The molecule has 41 heavy (non-hydrogen) atoms. The molecule has 0 radical (unpaired) electrons. The van der Waals surface area contributed by atoms with Crippen LogP contribution in [0.3, 0.4) is 0 Å². The fourth-order valence-corrected chi connectivity index (χ4v) is 14.7. The summed E-state index contributed by atoms with van der Waals surface area (Å²) in [5.74, 6) is 0.648. The van der Waals surface area contributed by atoms with Crippen molar-refractivity contribution in [1.29, 1.82) is 0 Å². The average molecular weight is 586 g/mol. The average Bonchev–Trinajstić information content (AvgIpc) is 3.46. The largest absolute Gasteiger partial charge is 0.415 e. The summed E-state index contributed by atoms with van der Waals surface area (Å²) in [5, 5.41) is 2.80. The third kappa shape index (κ3) is 7.24. The molecule has 2 saturated carbocycles. The maximum atomic E-state index is 13.9. The van der Waals surface area contributed by atoms with Gasteiger partial charge < -0.3 is 9.64 Å². The molecule has 0 N–H and O–H groups in total. The predicted octanol–water partition coefficient (Wildman–Crippen LogP) is 8.91. The Morgan fingerprint density at radius 3 is 1.66 bits per heavy atom. The van der Waals surface area contributed by atoms with Gasteiger partial charge in [0.2, 0.25) is 0 Å². The molecule has 3 nitrogen and oxygen atoms in total. The Bertz CT molecular complexity index is 1150. The minimum absolute atomic E-state index is 0.111. The highest BCUT2D eigenvalue weighted by Crippen LogP contribution is 2.61. The van der Waals surface area contributed by atoms with Crippen molar-refractivity contribution in [2.45, 2.75) is 93.6 Å². The first-order valence-electron chi connectivity index (χ1n) is 15.9. The SMILES string of the molecule is O=C(Oc1ccccc1)N1C[C@H](P(C2CCCCC2)C2CCCCC2)C[C@@H]1CP(c1ccccc1)c1ccccc1. The van der Waals surface area contributed by atoms with Crippen molar-refractivity contribution in [3.05, 3.63) is 91.0 Å². The maximum Gasteiger partial charge on any atom is 0.415 e. The van der Waals surface area contributed by atoms with Crippen LogP contribution in [0.15, 0.2) is 91.0 Å². The Morgan fingerprint density at radius 1 is 0.659 bits per heavy atom. The zero-order valence-electron chi connectivity index (χ0n) is 24.3. The van der Waals surface area contributed by atoms with Crippen LogP contribution in [0.4, 0.5) is 4.79 Å². The van der Waals surface area contributed by atoms with Crippen molar-refractivity contribution in [2.24, 2.45) is 0 Å². The quantitative estimate of drug-likeness (QED) is 0.247. The Kier molecular flexibility index (Phi) is 10.1. The van der Waals surface area contributed by atoms with Crippen LogP contribution in [0, 0.1) is 0 Å². The zero-order valence-corrected chi connectivity index (χ0v) is 26.1. The van der Waals surface area contributed by atoms with Crippen LogP contribution in [-0.2, 0) is 0 Å². The highest BCUT2D eigenvalue weighted by atomic mass is 31.1. The molecule has 2 atom stereocenters. The number of benzene rings is 3. The van der Waals surface area contributed by atoms with E-state index in [0.29, 0.717) is 11.4 Å². The number of hydrogen-bond acceptors (Lipinski definition) is 2. The van der Waals surface area contributed by atoms with E-state index in [1.54, 1.807) is 0 Å². The first-order valence-corrected chi connectivity index (χ1v) is 19.0. The Balaban J connectivity index is 1.31. The lowest BCUT2D eigenvalue weighted by atomic mass is 9.99. The molecule has 0 unspecified atom stereocenters. The van der Waals surface area contributed by atoms with Crippen molar-refractivity contribution in [3.63, 3.8) is 0 Å². The van der Waals surface area contributed by atoms with E-state index >= 15 is 0 Å². The number of ether oxygens (including phenoxy) is 1. The number of carbonyl (C=O) groups excluding carboxylic acids is 1. The first kappa shape index (κ1) is 28.9. The standard InChI is InChI=1S/C36H45NO2P2/c38-36(39-30-16-6-1-7-17-30)37-27-35(41(33-22-12-4-13-23-33)34-24-14-5-15-25-34)26-29(37)28-40(31-18-8-2-9-19-31)32-20-10-3-11-21-32/h1-3,6-11,16-21,29,33-35H,4-5,12-15,22-28H2/t29-,35-/m1/s1. The fourth-order valence-electron chi connectivity index (χ4n) is 7.59. The van der Waals surface area contributed by atoms with Crippen molar-refractivity contribution in [2.75, 3.05) is 12.7 Å². The summed E-state index contributed by atoms with van der Waals surface area (Å²) in [4.78, 5) is 16.1. The molecule has 0 aromatic heterocycles. The van der Waals surface area contributed by atoms with Gasteiger partial charge in [-0.05, 0) is 85.9 Å². The van der Waals surface area contributed by atoms with Crippen molar-refractivity contribution >= 4 is 32.5 Å². The number of likely N-dealkylation sites (tertiary alicyclic amines) is 1. The molecule has 0 spiro atoms. The Morgan fingerprint density at radius 2 is 1.15 bits per heavy atom. The number of hydrogen-bond donors (Lipinski definition) is 0. The lowest BCUT2D eigenvalue weighted by Gasteiger charge is -2.42. The molecule has 6 rings (SSSR count). The van der Waals surface area contributed by atoms with Crippen LogP contribution in [-0.4, -0.2) is 46.7 Å². The molecule has 3 aliphatic rings. The lowest BCUT2D eigenvalue weighted by molar-refractivity contribution is 0.151. The topological polar surface area (TPSA) is 29.5 Å². The molecule has 3 aromatic carbocycles. The minimum atomic E-state index is -0.582. The molecular formula is C36H45NO2P2. The Labute approximate surface area is 249 Å². The van der Waals surface area contributed by atoms with Gasteiger partial charge in [-0.25, -0.2) is 4.79 Å². The molecular weight excluding hydrogens is 540 g/mol. The summed E-state index contributed by atoms with van der Waals surface area (Å²) in [6.07, 6.45) is 16.1. The molecule has 216 valence electrons. The van der Waals surface area contributed by atoms with Gasteiger partial charge in [0.05, 0.1) is 0 Å². The monoisotopic (exact) mass is 585 g/mol. The molecule has 3 aromatic rings. The van der Waals surface area contributed by atoms with Gasteiger partial charge in [-0.3, -0.25) is 0 Å². The van der Waals surface area contributed by atoms with Gasteiger partial charge in [-0.15, -0.1) is 0 Å². The van der Waals surface area contributed by atoms with E-state index in [2.05, 4.69) is 65.6 Å². The van der Waals surface area contributed by atoms with E-state index in [4.69, 9.17) is 4.74 Å². The van der Waals surface area contributed by atoms with E-state index in [9.17, 15) is 4.79 Å². The molecule has 3 fully saturated rings. The minimum Gasteiger partial charge on any atom is -0.410 e. The van der Waals surface area contributed by atoms with Crippen molar-refractivity contribution in [3.8, 4) is 5.75 Å². The second-order valence-electron chi connectivity index (χ2n) is 12.2. The van der Waals surface area contributed by atoms with Crippen LogP contribution in [0.5, 0.6) is 5.75 Å². The maximum absolute atomic E-state index is 13.9. The fraction of sp³-hybridized carbons (Fsp3) is 0.472. The van der Waals surface area contributed by atoms with Crippen LogP contribution < -0.4 is 15.3 Å². The van der Waals surface area contributed by atoms with Crippen LogP contribution in [0.1, 0.15) is 70.6 Å². The van der Waals surface area contributed by atoms with Gasteiger partial charge in [0.25, 0.3) is 0 Å². The van der Waals surface area contributed by atoms with E-state index in [1.807, 2.05) is 30.3 Å². The number of carbonyl (C=O) groups is 1. The highest BCUT2D eigenvalue weighted by molar-refractivity contribution is 7.73. The van der Waals surface area contributed by atoms with E-state index in [1.165, 1.54) is 74.8 Å². The van der Waals surface area contributed by atoms with E-state index in [0.717, 1.165) is 30.4 Å². The summed E-state index contributed by atoms with van der Waals surface area (Å²) in [6.45, 7) is 0.877. The van der Waals surface area contributed by atoms with Gasteiger partial charge in [-0.2, -0.15) is 0 Å². The third-order valence-corrected chi connectivity index (χ3v) is 16.1. The second-order valence-corrected chi connectivity index (χ2v) is 17.5. The smallest absolute Gasteiger partial charge is 0.410 e. The van der Waals surface area contributed by atoms with Gasteiger partial charge in [-0.1, -0.05) is 125 Å². The van der Waals surface area contributed by atoms with Crippen LogP contribution in [0.25, 0.3) is 0 Å². The summed E-state index contributed by atoms with van der Waals surface area (Å²) in [7, 11) is -0.693. The molecule has 0 bridgehead atoms. The van der Waals surface area contributed by atoms with Crippen LogP contribution >= 0.6 is 15.8 Å².